The van der Waals surface area contributed by atoms with Gasteiger partial charge in [-0.15, -0.1) is 0 Å². The maximum absolute atomic E-state index is 12.5. The smallest absolute Gasteiger partial charge is 0.224 e. The average Bonchev–Trinajstić information content (AvgIpc) is 2.39. The molecule has 0 bridgehead atoms. The SMILES string of the molecule is CC(C)CCN(CCC(C)C)C(=O)CC1CCCCN1. The van der Waals surface area contributed by atoms with Gasteiger partial charge in [0.15, 0.2) is 0 Å². The highest BCUT2D eigenvalue weighted by Gasteiger charge is 2.20. The first-order valence-electron chi connectivity index (χ1n) is 8.50. The molecule has 0 aromatic heterocycles. The van der Waals surface area contributed by atoms with Crippen LogP contribution in [0.25, 0.3) is 0 Å². The zero-order valence-corrected chi connectivity index (χ0v) is 14.0. The van der Waals surface area contributed by atoms with Gasteiger partial charge in [0.1, 0.15) is 0 Å². The Morgan fingerprint density at radius 2 is 1.70 bits per heavy atom. The molecule has 1 rings (SSSR count). The van der Waals surface area contributed by atoms with E-state index in [1.54, 1.807) is 0 Å². The number of rotatable bonds is 8. The standard InChI is InChI=1S/C17H34N2O/c1-14(2)8-11-19(12-9-15(3)4)17(20)13-16-7-5-6-10-18-16/h14-16,18H,5-13H2,1-4H3. The Labute approximate surface area is 125 Å². The number of amides is 1. The summed E-state index contributed by atoms with van der Waals surface area (Å²) in [6.45, 7) is 11.9. The summed E-state index contributed by atoms with van der Waals surface area (Å²) in [5, 5.41) is 3.49. The lowest BCUT2D eigenvalue weighted by molar-refractivity contribution is -0.132. The van der Waals surface area contributed by atoms with Crippen LogP contribution in [-0.4, -0.2) is 36.5 Å². The lowest BCUT2D eigenvalue weighted by atomic mass is 10.0. The van der Waals surface area contributed by atoms with Gasteiger partial charge in [0.2, 0.25) is 5.91 Å². The summed E-state index contributed by atoms with van der Waals surface area (Å²) < 4.78 is 0. The molecule has 1 saturated heterocycles. The van der Waals surface area contributed by atoms with Crippen LogP contribution in [-0.2, 0) is 4.79 Å². The van der Waals surface area contributed by atoms with Gasteiger partial charge in [-0.05, 0) is 44.1 Å². The molecule has 1 fully saturated rings. The summed E-state index contributed by atoms with van der Waals surface area (Å²) in [4.78, 5) is 14.6. The van der Waals surface area contributed by atoms with Crippen molar-refractivity contribution in [1.29, 1.82) is 0 Å². The predicted octanol–water partition coefficient (Wildman–Crippen LogP) is 3.44. The molecular weight excluding hydrogens is 248 g/mol. The van der Waals surface area contributed by atoms with Gasteiger partial charge >= 0.3 is 0 Å². The normalized spacial score (nSPS) is 19.6. The van der Waals surface area contributed by atoms with Crippen LogP contribution in [0.4, 0.5) is 0 Å². The van der Waals surface area contributed by atoms with E-state index in [2.05, 4.69) is 37.9 Å². The molecule has 1 N–H and O–H groups in total. The summed E-state index contributed by atoms with van der Waals surface area (Å²) >= 11 is 0. The highest BCUT2D eigenvalue weighted by atomic mass is 16.2. The van der Waals surface area contributed by atoms with Gasteiger partial charge in [0.05, 0.1) is 0 Å². The minimum atomic E-state index is 0.353. The van der Waals surface area contributed by atoms with Gasteiger partial charge in [-0.1, -0.05) is 34.1 Å². The van der Waals surface area contributed by atoms with Crippen molar-refractivity contribution in [2.24, 2.45) is 11.8 Å². The first kappa shape index (κ1) is 17.5. The van der Waals surface area contributed by atoms with Crippen LogP contribution < -0.4 is 5.32 Å². The van der Waals surface area contributed by atoms with Crippen LogP contribution in [0.2, 0.25) is 0 Å². The van der Waals surface area contributed by atoms with Crippen LogP contribution in [0.15, 0.2) is 0 Å². The van der Waals surface area contributed by atoms with Crippen LogP contribution in [0, 0.1) is 11.8 Å². The van der Waals surface area contributed by atoms with Gasteiger partial charge in [0, 0.05) is 25.6 Å². The molecule has 0 aromatic rings. The van der Waals surface area contributed by atoms with Crippen LogP contribution >= 0.6 is 0 Å². The molecule has 1 atom stereocenters. The van der Waals surface area contributed by atoms with Gasteiger partial charge in [-0.3, -0.25) is 4.79 Å². The van der Waals surface area contributed by atoms with E-state index < -0.39 is 0 Å². The minimum absolute atomic E-state index is 0.353. The third-order valence-corrected chi connectivity index (χ3v) is 4.14. The van der Waals surface area contributed by atoms with E-state index in [0.29, 0.717) is 30.2 Å². The molecule has 0 aromatic carbocycles. The number of piperidine rings is 1. The highest BCUT2D eigenvalue weighted by molar-refractivity contribution is 5.76. The van der Waals surface area contributed by atoms with E-state index in [1.807, 2.05) is 0 Å². The predicted molar refractivity (Wildman–Crippen MR) is 85.7 cm³/mol. The average molecular weight is 282 g/mol. The Morgan fingerprint density at radius 1 is 1.10 bits per heavy atom. The number of carbonyl (C=O) groups excluding carboxylic acids is 1. The molecule has 3 nitrogen and oxygen atoms in total. The van der Waals surface area contributed by atoms with E-state index in [4.69, 9.17) is 0 Å². The number of nitrogens with zero attached hydrogens (tertiary/aromatic N) is 1. The highest BCUT2D eigenvalue weighted by Crippen LogP contribution is 2.13. The van der Waals surface area contributed by atoms with Crippen molar-refractivity contribution < 1.29 is 4.79 Å². The molecule has 1 heterocycles. The molecule has 1 aliphatic rings. The van der Waals surface area contributed by atoms with Gasteiger partial charge < -0.3 is 10.2 Å². The van der Waals surface area contributed by atoms with Crippen molar-refractivity contribution >= 4 is 5.91 Å². The summed E-state index contributed by atoms with van der Waals surface area (Å²) in [5.74, 6) is 1.68. The van der Waals surface area contributed by atoms with Crippen molar-refractivity contribution in [3.8, 4) is 0 Å². The zero-order chi connectivity index (χ0) is 15.0. The summed E-state index contributed by atoms with van der Waals surface area (Å²) in [7, 11) is 0. The van der Waals surface area contributed by atoms with Crippen molar-refractivity contribution in [3.05, 3.63) is 0 Å². The van der Waals surface area contributed by atoms with Crippen molar-refractivity contribution in [2.45, 2.75) is 72.3 Å². The number of carbonyl (C=O) groups is 1. The fourth-order valence-electron chi connectivity index (χ4n) is 2.63. The molecule has 118 valence electrons. The third-order valence-electron chi connectivity index (χ3n) is 4.14. The molecule has 0 saturated carbocycles. The molecule has 0 spiro atoms. The van der Waals surface area contributed by atoms with Crippen LogP contribution in [0.1, 0.15) is 66.2 Å². The largest absolute Gasteiger partial charge is 0.343 e. The topological polar surface area (TPSA) is 32.3 Å². The molecule has 1 unspecified atom stereocenters. The Bertz CT molecular complexity index is 258. The summed E-state index contributed by atoms with van der Waals surface area (Å²) in [5.41, 5.74) is 0. The van der Waals surface area contributed by atoms with E-state index in [0.717, 1.165) is 38.9 Å². The Kier molecular flexibility index (Phi) is 8.20. The maximum Gasteiger partial charge on any atom is 0.224 e. The van der Waals surface area contributed by atoms with E-state index in [9.17, 15) is 4.79 Å². The lowest BCUT2D eigenvalue weighted by Crippen LogP contribution is -2.41. The monoisotopic (exact) mass is 282 g/mol. The van der Waals surface area contributed by atoms with E-state index in [1.165, 1.54) is 12.8 Å². The number of hydrogen-bond acceptors (Lipinski definition) is 2. The van der Waals surface area contributed by atoms with Crippen molar-refractivity contribution in [3.63, 3.8) is 0 Å². The summed E-state index contributed by atoms with van der Waals surface area (Å²) in [6, 6.07) is 0.414. The van der Waals surface area contributed by atoms with E-state index in [-0.39, 0.29) is 0 Å². The van der Waals surface area contributed by atoms with Crippen LogP contribution in [0.3, 0.4) is 0 Å². The first-order valence-corrected chi connectivity index (χ1v) is 8.50. The fraction of sp³-hybridized carbons (Fsp3) is 0.941. The molecule has 3 heteroatoms. The fourth-order valence-corrected chi connectivity index (χ4v) is 2.63. The molecule has 1 aliphatic heterocycles. The molecule has 0 aliphatic carbocycles. The quantitative estimate of drug-likeness (QED) is 0.739. The second kappa shape index (κ2) is 9.38. The molecular formula is C17H34N2O. The Morgan fingerprint density at radius 3 is 2.15 bits per heavy atom. The van der Waals surface area contributed by atoms with Crippen molar-refractivity contribution in [2.75, 3.05) is 19.6 Å². The second-order valence-corrected chi connectivity index (χ2v) is 7.10. The third kappa shape index (κ3) is 7.28. The lowest BCUT2D eigenvalue weighted by Gasteiger charge is -2.28. The maximum atomic E-state index is 12.5. The van der Waals surface area contributed by atoms with Gasteiger partial charge in [-0.25, -0.2) is 0 Å². The first-order chi connectivity index (χ1) is 9.49. The molecule has 20 heavy (non-hydrogen) atoms. The second-order valence-electron chi connectivity index (χ2n) is 7.10. The number of hydrogen-bond donors (Lipinski definition) is 1. The zero-order valence-electron chi connectivity index (χ0n) is 14.0. The van der Waals surface area contributed by atoms with Gasteiger partial charge in [0.25, 0.3) is 0 Å². The van der Waals surface area contributed by atoms with Crippen LogP contribution in [0.5, 0.6) is 0 Å². The van der Waals surface area contributed by atoms with Crippen molar-refractivity contribution in [1.82, 2.24) is 10.2 Å². The summed E-state index contributed by atoms with van der Waals surface area (Å²) in [6.07, 6.45) is 6.60. The molecule has 0 radical (unpaired) electrons. The number of nitrogens with one attached hydrogen (secondary N) is 1. The Hall–Kier alpha value is -0.570. The van der Waals surface area contributed by atoms with Gasteiger partial charge in [-0.2, -0.15) is 0 Å². The Balaban J connectivity index is 2.43. The van der Waals surface area contributed by atoms with E-state index >= 15 is 0 Å². The minimum Gasteiger partial charge on any atom is -0.343 e. The molecule has 1 amide bonds.